The van der Waals surface area contributed by atoms with Crippen LogP contribution in [-0.4, -0.2) is 20.9 Å². The summed E-state index contributed by atoms with van der Waals surface area (Å²) in [5, 5.41) is 0. The van der Waals surface area contributed by atoms with Crippen LogP contribution in [0.25, 0.3) is 0 Å². The quantitative estimate of drug-likeness (QED) is 0.619. The topological polar surface area (TPSA) is 79.5 Å². The Kier molecular flexibility index (Phi) is 2.57. The van der Waals surface area contributed by atoms with Crippen molar-refractivity contribution in [2.24, 2.45) is 14.1 Å². The van der Waals surface area contributed by atoms with Crippen LogP contribution in [0, 0.1) is 0 Å². The van der Waals surface area contributed by atoms with Crippen molar-refractivity contribution in [1.82, 2.24) is 9.13 Å². The lowest BCUT2D eigenvalue weighted by Crippen LogP contribution is -2.38. The molecule has 18 heavy (non-hydrogen) atoms. The van der Waals surface area contributed by atoms with E-state index in [1.54, 1.807) is 6.92 Å². The lowest BCUT2D eigenvalue weighted by atomic mass is 10.1. The Balaban J connectivity index is 2.57. The zero-order valence-electron chi connectivity index (χ0n) is 10.6. The Morgan fingerprint density at radius 1 is 1.33 bits per heavy atom. The summed E-state index contributed by atoms with van der Waals surface area (Å²) < 4.78 is 12.7. The maximum absolute atomic E-state index is 11.9. The Labute approximate surface area is 103 Å². The van der Waals surface area contributed by atoms with Gasteiger partial charge in [0.05, 0.1) is 12.0 Å². The van der Waals surface area contributed by atoms with Crippen LogP contribution >= 0.6 is 0 Å². The standard InChI is InChI=1S/C11H14N2O5/c1-6(14)17-11(2)5-7-8(15)12(3)10(16)13(4)9(7)18-11/h5H2,1-4H3. The van der Waals surface area contributed by atoms with E-state index in [4.69, 9.17) is 9.47 Å². The van der Waals surface area contributed by atoms with Crippen LogP contribution in [0.5, 0.6) is 5.88 Å². The second-order valence-electron chi connectivity index (χ2n) is 4.50. The van der Waals surface area contributed by atoms with Gasteiger partial charge in [-0.15, -0.1) is 0 Å². The van der Waals surface area contributed by atoms with Gasteiger partial charge in [0.15, 0.2) is 0 Å². The number of ether oxygens (including phenoxy) is 2. The van der Waals surface area contributed by atoms with Crippen molar-refractivity contribution in [3.05, 3.63) is 26.4 Å². The molecule has 0 fully saturated rings. The zero-order valence-corrected chi connectivity index (χ0v) is 10.6. The molecule has 2 heterocycles. The first-order valence-corrected chi connectivity index (χ1v) is 5.42. The first-order chi connectivity index (χ1) is 8.25. The molecule has 1 atom stereocenters. The predicted octanol–water partition coefficient (Wildman–Crippen LogP) is -0.702. The van der Waals surface area contributed by atoms with Crippen LogP contribution in [-0.2, 0) is 30.0 Å². The number of nitrogens with zero attached hydrogens (tertiary/aromatic N) is 2. The molecule has 1 aromatic heterocycles. The maximum atomic E-state index is 11.9. The Hall–Kier alpha value is -2.05. The summed E-state index contributed by atoms with van der Waals surface area (Å²) in [7, 11) is 2.90. The number of esters is 1. The van der Waals surface area contributed by atoms with Gasteiger partial charge in [0, 0.05) is 27.9 Å². The molecule has 0 spiro atoms. The van der Waals surface area contributed by atoms with Gasteiger partial charge in [-0.3, -0.25) is 18.7 Å². The van der Waals surface area contributed by atoms with Crippen molar-refractivity contribution in [3.8, 4) is 5.88 Å². The third-order valence-corrected chi connectivity index (χ3v) is 2.87. The van der Waals surface area contributed by atoms with Gasteiger partial charge in [-0.2, -0.15) is 0 Å². The number of carbonyl (C=O) groups excluding carboxylic acids is 1. The average molecular weight is 254 g/mol. The fourth-order valence-electron chi connectivity index (χ4n) is 2.10. The molecule has 0 saturated carbocycles. The second-order valence-corrected chi connectivity index (χ2v) is 4.50. The first-order valence-electron chi connectivity index (χ1n) is 5.42. The molecule has 1 aliphatic heterocycles. The van der Waals surface area contributed by atoms with Gasteiger partial charge in [0.25, 0.3) is 11.3 Å². The molecular formula is C11H14N2O5. The monoisotopic (exact) mass is 254 g/mol. The number of hydrogen-bond acceptors (Lipinski definition) is 5. The zero-order chi connectivity index (χ0) is 13.7. The minimum atomic E-state index is -1.23. The van der Waals surface area contributed by atoms with Gasteiger partial charge in [-0.1, -0.05) is 0 Å². The molecule has 7 nitrogen and oxygen atoms in total. The SMILES string of the molecule is CC(=O)OC1(C)Cc2c(n(C)c(=O)n(C)c2=O)O1. The van der Waals surface area contributed by atoms with Crippen LogP contribution in [0.3, 0.4) is 0 Å². The van der Waals surface area contributed by atoms with E-state index in [-0.39, 0.29) is 12.3 Å². The smallest absolute Gasteiger partial charge is 0.333 e. The highest BCUT2D eigenvalue weighted by Crippen LogP contribution is 2.32. The van der Waals surface area contributed by atoms with Crippen LogP contribution < -0.4 is 16.0 Å². The molecule has 0 N–H and O–H groups in total. The van der Waals surface area contributed by atoms with Crippen molar-refractivity contribution in [3.63, 3.8) is 0 Å². The van der Waals surface area contributed by atoms with E-state index < -0.39 is 23.0 Å². The van der Waals surface area contributed by atoms with Gasteiger partial charge in [0.1, 0.15) is 0 Å². The number of rotatable bonds is 1. The van der Waals surface area contributed by atoms with Crippen molar-refractivity contribution >= 4 is 5.97 Å². The Morgan fingerprint density at radius 3 is 2.50 bits per heavy atom. The molecular weight excluding hydrogens is 240 g/mol. The van der Waals surface area contributed by atoms with Gasteiger partial charge in [-0.25, -0.2) is 4.79 Å². The fraction of sp³-hybridized carbons (Fsp3) is 0.545. The van der Waals surface area contributed by atoms with Crippen molar-refractivity contribution < 1.29 is 14.3 Å². The summed E-state index contributed by atoms with van der Waals surface area (Å²) in [6, 6.07) is 0. The number of fused-ring (bicyclic) bond motifs is 1. The van der Waals surface area contributed by atoms with E-state index in [1.165, 1.54) is 25.6 Å². The number of aromatic nitrogens is 2. The minimum Gasteiger partial charge on any atom is -0.436 e. The third kappa shape index (κ3) is 1.71. The van der Waals surface area contributed by atoms with E-state index >= 15 is 0 Å². The predicted molar refractivity (Wildman–Crippen MR) is 61.4 cm³/mol. The highest BCUT2D eigenvalue weighted by atomic mass is 16.7. The lowest BCUT2D eigenvalue weighted by Gasteiger charge is -2.22. The summed E-state index contributed by atoms with van der Waals surface area (Å²) in [4.78, 5) is 34.7. The largest absolute Gasteiger partial charge is 0.436 e. The molecule has 0 aromatic carbocycles. The molecule has 2 rings (SSSR count). The highest BCUT2D eigenvalue weighted by Gasteiger charge is 2.41. The van der Waals surface area contributed by atoms with E-state index in [9.17, 15) is 14.4 Å². The van der Waals surface area contributed by atoms with Gasteiger partial charge < -0.3 is 9.47 Å². The summed E-state index contributed by atoms with van der Waals surface area (Å²) in [6.07, 6.45) is 0.128. The third-order valence-electron chi connectivity index (χ3n) is 2.87. The average Bonchev–Trinajstić information content (AvgIpc) is 2.60. The van der Waals surface area contributed by atoms with Crippen molar-refractivity contribution in [2.45, 2.75) is 26.1 Å². The molecule has 1 aromatic rings. The summed E-state index contributed by atoms with van der Waals surface area (Å²) in [5.41, 5.74) is -0.571. The van der Waals surface area contributed by atoms with Crippen molar-refractivity contribution in [1.29, 1.82) is 0 Å². The summed E-state index contributed by atoms with van der Waals surface area (Å²) >= 11 is 0. The van der Waals surface area contributed by atoms with Crippen LogP contribution in [0.4, 0.5) is 0 Å². The molecule has 0 radical (unpaired) electrons. The van der Waals surface area contributed by atoms with Crippen molar-refractivity contribution in [2.75, 3.05) is 0 Å². The summed E-state index contributed by atoms with van der Waals surface area (Å²) in [6.45, 7) is 2.81. The maximum Gasteiger partial charge on any atom is 0.333 e. The van der Waals surface area contributed by atoms with Crippen LogP contribution in [0.15, 0.2) is 9.59 Å². The van der Waals surface area contributed by atoms with Crippen LogP contribution in [0.1, 0.15) is 19.4 Å². The van der Waals surface area contributed by atoms with Crippen LogP contribution in [0.2, 0.25) is 0 Å². The Morgan fingerprint density at radius 2 is 1.94 bits per heavy atom. The van der Waals surface area contributed by atoms with E-state index in [2.05, 4.69) is 0 Å². The lowest BCUT2D eigenvalue weighted by molar-refractivity contribution is -0.184. The Bertz CT molecular complexity index is 642. The molecule has 0 aliphatic carbocycles. The molecule has 0 amide bonds. The van der Waals surface area contributed by atoms with E-state index in [1.807, 2.05) is 0 Å². The molecule has 1 unspecified atom stereocenters. The molecule has 1 aliphatic rings. The molecule has 0 saturated heterocycles. The van der Waals surface area contributed by atoms with Gasteiger partial charge in [0.2, 0.25) is 5.88 Å². The fourth-order valence-corrected chi connectivity index (χ4v) is 2.10. The second kappa shape index (κ2) is 3.72. The first kappa shape index (κ1) is 12.4. The van der Waals surface area contributed by atoms with E-state index in [0.29, 0.717) is 5.56 Å². The molecule has 7 heteroatoms. The van der Waals surface area contributed by atoms with E-state index in [0.717, 1.165) is 4.57 Å². The molecule has 98 valence electrons. The normalized spacial score (nSPS) is 21.3. The number of hydrogen-bond donors (Lipinski definition) is 0. The van der Waals surface area contributed by atoms with Gasteiger partial charge >= 0.3 is 11.7 Å². The number of carbonyl (C=O) groups is 1. The van der Waals surface area contributed by atoms with Gasteiger partial charge in [-0.05, 0) is 0 Å². The summed E-state index contributed by atoms with van der Waals surface area (Å²) in [5.74, 6) is -1.58. The molecule has 0 bridgehead atoms. The minimum absolute atomic E-state index is 0.128. The highest BCUT2D eigenvalue weighted by molar-refractivity contribution is 5.66.